The van der Waals surface area contributed by atoms with Gasteiger partial charge >= 0.3 is 0 Å². The van der Waals surface area contributed by atoms with E-state index >= 15 is 0 Å². The Kier molecular flexibility index (Phi) is 4.23. The van der Waals surface area contributed by atoms with Crippen molar-refractivity contribution in [2.24, 2.45) is 0 Å². The summed E-state index contributed by atoms with van der Waals surface area (Å²) in [5.41, 5.74) is 1.71. The molecule has 2 aromatic carbocycles. The maximum Gasteiger partial charge on any atom is 0.278 e. The molecule has 0 saturated heterocycles. The zero-order valence-electron chi connectivity index (χ0n) is 13.4. The second-order valence-corrected chi connectivity index (χ2v) is 8.28. The molecule has 9 heteroatoms. The fourth-order valence-electron chi connectivity index (χ4n) is 2.55. The van der Waals surface area contributed by atoms with Gasteiger partial charge < -0.3 is 0 Å². The first-order valence-electron chi connectivity index (χ1n) is 7.64. The lowest BCUT2D eigenvalue weighted by atomic mass is 10.2. The number of thiophene rings is 1. The van der Waals surface area contributed by atoms with Crippen LogP contribution < -0.4 is 4.31 Å². The summed E-state index contributed by atoms with van der Waals surface area (Å²) >= 11 is 1.18. The van der Waals surface area contributed by atoms with Gasteiger partial charge in [0.2, 0.25) is 5.82 Å². The summed E-state index contributed by atoms with van der Waals surface area (Å²) in [5.74, 6) is 0.397. The largest absolute Gasteiger partial charge is 0.278 e. The van der Waals surface area contributed by atoms with Crippen molar-refractivity contribution >= 4 is 32.7 Å². The van der Waals surface area contributed by atoms with Gasteiger partial charge in [0.15, 0.2) is 0 Å². The molecule has 0 fully saturated rings. The van der Waals surface area contributed by atoms with Crippen LogP contribution in [0.4, 0.5) is 11.4 Å². The van der Waals surface area contributed by atoms with Crippen molar-refractivity contribution in [3.63, 3.8) is 0 Å². The van der Waals surface area contributed by atoms with Crippen molar-refractivity contribution in [2.75, 3.05) is 4.31 Å². The standard InChI is InChI=1S/C17H13N5O2S2/c23-26(24,16-10-5-11-25-16)22(14-7-2-1-3-8-14)15-9-4-6-13(12-15)17-18-20-21-19-17/h1-12H,(H,18,19,20,21). The van der Waals surface area contributed by atoms with Crippen molar-refractivity contribution in [2.45, 2.75) is 4.21 Å². The van der Waals surface area contributed by atoms with Crippen LogP contribution in [-0.2, 0) is 10.0 Å². The van der Waals surface area contributed by atoms with E-state index in [1.807, 2.05) is 6.07 Å². The van der Waals surface area contributed by atoms with E-state index in [2.05, 4.69) is 20.6 Å². The Morgan fingerprint density at radius 1 is 0.923 bits per heavy atom. The maximum atomic E-state index is 13.3. The minimum atomic E-state index is -3.76. The summed E-state index contributed by atoms with van der Waals surface area (Å²) in [7, 11) is -3.76. The fraction of sp³-hybridized carbons (Fsp3) is 0. The van der Waals surface area contributed by atoms with Crippen molar-refractivity contribution in [1.29, 1.82) is 0 Å². The van der Waals surface area contributed by atoms with E-state index in [4.69, 9.17) is 0 Å². The number of hydrogen-bond acceptors (Lipinski definition) is 6. The highest BCUT2D eigenvalue weighted by molar-refractivity contribution is 7.95. The normalized spacial score (nSPS) is 11.4. The van der Waals surface area contributed by atoms with Gasteiger partial charge in [-0.05, 0) is 40.9 Å². The third kappa shape index (κ3) is 2.98. The lowest BCUT2D eigenvalue weighted by Gasteiger charge is -2.24. The number of benzene rings is 2. The van der Waals surface area contributed by atoms with Crippen molar-refractivity contribution in [3.05, 3.63) is 72.1 Å². The number of rotatable bonds is 5. The Balaban J connectivity index is 1.89. The van der Waals surface area contributed by atoms with Crippen molar-refractivity contribution in [1.82, 2.24) is 20.6 Å². The predicted octanol–water partition coefficient (Wildman–Crippen LogP) is 3.46. The van der Waals surface area contributed by atoms with Crippen LogP contribution in [-0.4, -0.2) is 29.0 Å². The van der Waals surface area contributed by atoms with Crippen LogP contribution >= 0.6 is 11.3 Å². The third-order valence-electron chi connectivity index (χ3n) is 3.66. The molecule has 4 rings (SSSR count). The molecule has 0 spiro atoms. The molecule has 0 amide bonds. The SMILES string of the molecule is O=S(=O)(c1cccs1)N(c1ccccc1)c1cccc(-c2nn[nH]n2)c1. The average molecular weight is 383 g/mol. The van der Waals surface area contributed by atoms with Gasteiger partial charge in [-0.2, -0.15) is 13.6 Å². The second-order valence-electron chi connectivity index (χ2n) is 5.32. The number of aromatic nitrogens is 4. The van der Waals surface area contributed by atoms with Crippen LogP contribution in [0, 0.1) is 0 Å². The predicted molar refractivity (Wildman–Crippen MR) is 99.7 cm³/mol. The van der Waals surface area contributed by atoms with Gasteiger partial charge in [0, 0.05) is 5.56 Å². The van der Waals surface area contributed by atoms with Gasteiger partial charge in [0.05, 0.1) is 11.4 Å². The highest BCUT2D eigenvalue weighted by Gasteiger charge is 2.27. The molecule has 0 unspecified atom stereocenters. The average Bonchev–Trinajstić information content (AvgIpc) is 3.37. The number of H-pyrrole nitrogens is 1. The van der Waals surface area contributed by atoms with E-state index in [9.17, 15) is 8.42 Å². The molecule has 0 bridgehead atoms. The lowest BCUT2D eigenvalue weighted by molar-refractivity contribution is 0.598. The fourth-order valence-corrected chi connectivity index (χ4v) is 5.09. The zero-order valence-corrected chi connectivity index (χ0v) is 15.0. The highest BCUT2D eigenvalue weighted by atomic mass is 32.2. The Morgan fingerprint density at radius 2 is 1.73 bits per heavy atom. The zero-order chi connectivity index (χ0) is 18.0. The number of para-hydroxylation sites is 1. The summed E-state index contributed by atoms with van der Waals surface area (Å²) < 4.78 is 28.1. The molecule has 26 heavy (non-hydrogen) atoms. The number of hydrogen-bond donors (Lipinski definition) is 1. The molecule has 7 nitrogen and oxygen atoms in total. The Bertz CT molecular complexity index is 1100. The molecular formula is C17H13N5O2S2. The molecule has 0 radical (unpaired) electrons. The maximum absolute atomic E-state index is 13.3. The van der Waals surface area contributed by atoms with Crippen LogP contribution in [0.25, 0.3) is 11.4 Å². The van der Waals surface area contributed by atoms with E-state index in [0.717, 1.165) is 0 Å². The monoisotopic (exact) mass is 383 g/mol. The first-order chi connectivity index (χ1) is 12.7. The number of nitrogens with one attached hydrogen (secondary N) is 1. The molecule has 0 aliphatic carbocycles. The number of tetrazole rings is 1. The van der Waals surface area contributed by atoms with Crippen molar-refractivity contribution in [3.8, 4) is 11.4 Å². The van der Waals surface area contributed by atoms with Gasteiger partial charge in [0.25, 0.3) is 10.0 Å². The first kappa shape index (κ1) is 16.4. The molecular weight excluding hydrogens is 370 g/mol. The van der Waals surface area contributed by atoms with Gasteiger partial charge in [-0.25, -0.2) is 4.31 Å². The first-order valence-corrected chi connectivity index (χ1v) is 9.96. The van der Waals surface area contributed by atoms with Crippen LogP contribution in [0.5, 0.6) is 0 Å². The Labute approximate surface area is 154 Å². The number of nitrogens with zero attached hydrogens (tertiary/aromatic N) is 4. The van der Waals surface area contributed by atoms with Gasteiger partial charge in [-0.1, -0.05) is 36.4 Å². The van der Waals surface area contributed by atoms with Crippen LogP contribution in [0.15, 0.2) is 76.3 Å². The van der Waals surface area contributed by atoms with Gasteiger partial charge in [-0.15, -0.1) is 21.5 Å². The van der Waals surface area contributed by atoms with E-state index < -0.39 is 10.0 Å². The van der Waals surface area contributed by atoms with Gasteiger partial charge in [0.1, 0.15) is 4.21 Å². The molecule has 4 aromatic rings. The smallest absolute Gasteiger partial charge is 0.234 e. The summed E-state index contributed by atoms with van der Waals surface area (Å²) in [5, 5.41) is 15.6. The molecule has 130 valence electrons. The van der Waals surface area contributed by atoms with Crippen LogP contribution in [0.2, 0.25) is 0 Å². The van der Waals surface area contributed by atoms with E-state index in [-0.39, 0.29) is 4.21 Å². The molecule has 2 aromatic heterocycles. The summed E-state index contributed by atoms with van der Waals surface area (Å²) in [6.45, 7) is 0. The minimum absolute atomic E-state index is 0.270. The molecule has 2 heterocycles. The minimum Gasteiger partial charge on any atom is -0.234 e. The second kappa shape index (κ2) is 6.70. The Morgan fingerprint density at radius 3 is 2.42 bits per heavy atom. The van der Waals surface area contributed by atoms with E-state index in [0.29, 0.717) is 22.8 Å². The number of aromatic amines is 1. The molecule has 0 aliphatic heterocycles. The Hall–Kier alpha value is -3.04. The third-order valence-corrected chi connectivity index (χ3v) is 6.79. The molecule has 0 saturated carbocycles. The topological polar surface area (TPSA) is 91.8 Å². The lowest BCUT2D eigenvalue weighted by Crippen LogP contribution is -2.25. The molecule has 0 atom stereocenters. The number of anilines is 2. The van der Waals surface area contributed by atoms with Crippen LogP contribution in [0.3, 0.4) is 0 Å². The highest BCUT2D eigenvalue weighted by Crippen LogP contribution is 2.35. The molecule has 1 N–H and O–H groups in total. The summed E-state index contributed by atoms with van der Waals surface area (Å²) in [6.07, 6.45) is 0. The summed E-state index contributed by atoms with van der Waals surface area (Å²) in [6, 6.07) is 19.3. The van der Waals surface area contributed by atoms with Crippen molar-refractivity contribution < 1.29 is 8.42 Å². The van der Waals surface area contributed by atoms with E-state index in [1.54, 1.807) is 66.0 Å². The van der Waals surface area contributed by atoms with E-state index in [1.165, 1.54) is 15.6 Å². The quantitative estimate of drug-likeness (QED) is 0.570. The number of sulfonamides is 1. The molecule has 0 aliphatic rings. The van der Waals surface area contributed by atoms with Crippen LogP contribution in [0.1, 0.15) is 0 Å². The van der Waals surface area contributed by atoms with Gasteiger partial charge in [-0.3, -0.25) is 0 Å². The summed E-state index contributed by atoms with van der Waals surface area (Å²) in [4.78, 5) is 0.